The molecule has 1 aliphatic rings. The predicted octanol–water partition coefficient (Wildman–Crippen LogP) is 2.73. The number of nitrogens with zero attached hydrogens (tertiary/aromatic N) is 3. The van der Waals surface area contributed by atoms with E-state index in [1.807, 2.05) is 0 Å². The summed E-state index contributed by atoms with van der Waals surface area (Å²) in [5.74, 6) is 0.914. The quantitative estimate of drug-likeness (QED) is 0.927. The van der Waals surface area contributed by atoms with Crippen LogP contribution in [0.1, 0.15) is 37.7 Å². The van der Waals surface area contributed by atoms with Crippen molar-refractivity contribution in [3.63, 3.8) is 0 Å². The van der Waals surface area contributed by atoms with Crippen LogP contribution in [0.15, 0.2) is 24.3 Å². The van der Waals surface area contributed by atoms with E-state index >= 15 is 0 Å². The maximum atomic E-state index is 6.00. The third kappa shape index (κ3) is 2.80. The van der Waals surface area contributed by atoms with Crippen molar-refractivity contribution in [3.05, 3.63) is 41.2 Å². The van der Waals surface area contributed by atoms with Gasteiger partial charge >= 0.3 is 0 Å². The Bertz CT molecular complexity index is 629. The number of hydrogen-bond acceptors (Lipinski definition) is 5. The number of anilines is 1. The molecule has 0 spiro atoms. The molecule has 2 heterocycles. The molecule has 3 rings (SSSR count). The molecular weight excluding hydrogens is 280 g/mol. The van der Waals surface area contributed by atoms with E-state index in [-0.39, 0.29) is 5.41 Å². The van der Waals surface area contributed by atoms with Crippen molar-refractivity contribution in [1.82, 2.24) is 9.36 Å². The van der Waals surface area contributed by atoms with E-state index in [0.717, 1.165) is 23.9 Å². The SMILES string of the molecule is CC(C)(C)c1nsc(N2Cc3ccccc3CC2CN)n1. The fourth-order valence-corrected chi connectivity index (χ4v) is 3.59. The molecular formula is C16H22N4S. The second-order valence-electron chi connectivity index (χ2n) is 6.64. The van der Waals surface area contributed by atoms with Gasteiger partial charge in [0.25, 0.3) is 0 Å². The lowest BCUT2D eigenvalue weighted by Crippen LogP contribution is -2.45. The Hall–Kier alpha value is -1.46. The van der Waals surface area contributed by atoms with Crippen molar-refractivity contribution in [3.8, 4) is 0 Å². The lowest BCUT2D eigenvalue weighted by Gasteiger charge is -2.36. The van der Waals surface area contributed by atoms with Crippen molar-refractivity contribution in [2.24, 2.45) is 5.73 Å². The molecule has 0 fully saturated rings. The number of fused-ring (bicyclic) bond motifs is 1. The van der Waals surface area contributed by atoms with Gasteiger partial charge in [-0.2, -0.15) is 4.37 Å². The van der Waals surface area contributed by atoms with Gasteiger partial charge in [0.15, 0.2) is 0 Å². The van der Waals surface area contributed by atoms with Gasteiger partial charge in [-0.05, 0) is 17.5 Å². The number of benzene rings is 1. The minimum atomic E-state index is -0.0132. The van der Waals surface area contributed by atoms with Gasteiger partial charge in [0.1, 0.15) is 5.82 Å². The lowest BCUT2D eigenvalue weighted by molar-refractivity contribution is 0.541. The molecule has 1 aromatic carbocycles. The van der Waals surface area contributed by atoms with Crippen LogP contribution in [0.2, 0.25) is 0 Å². The summed E-state index contributed by atoms with van der Waals surface area (Å²) in [7, 11) is 0. The molecule has 0 amide bonds. The minimum Gasteiger partial charge on any atom is -0.338 e. The molecule has 5 heteroatoms. The summed E-state index contributed by atoms with van der Waals surface area (Å²) < 4.78 is 4.54. The first-order valence-corrected chi connectivity index (χ1v) is 8.14. The van der Waals surface area contributed by atoms with E-state index in [4.69, 9.17) is 10.7 Å². The van der Waals surface area contributed by atoms with Gasteiger partial charge in [-0.15, -0.1) is 0 Å². The second kappa shape index (κ2) is 5.39. The molecule has 1 aliphatic heterocycles. The number of rotatable bonds is 2. The summed E-state index contributed by atoms with van der Waals surface area (Å²) in [6, 6.07) is 8.91. The third-order valence-corrected chi connectivity index (χ3v) is 4.71. The van der Waals surface area contributed by atoms with Crippen molar-refractivity contribution in [1.29, 1.82) is 0 Å². The van der Waals surface area contributed by atoms with Gasteiger partial charge in [-0.25, -0.2) is 4.98 Å². The van der Waals surface area contributed by atoms with E-state index < -0.39 is 0 Å². The summed E-state index contributed by atoms with van der Waals surface area (Å²) in [5.41, 5.74) is 8.76. The van der Waals surface area contributed by atoms with Gasteiger partial charge in [0.05, 0.1) is 0 Å². The Labute approximate surface area is 130 Å². The van der Waals surface area contributed by atoms with Crippen molar-refractivity contribution < 1.29 is 0 Å². The van der Waals surface area contributed by atoms with Crippen LogP contribution in [0, 0.1) is 0 Å². The average molecular weight is 302 g/mol. The van der Waals surface area contributed by atoms with Gasteiger partial charge in [-0.3, -0.25) is 0 Å². The van der Waals surface area contributed by atoms with E-state index in [9.17, 15) is 0 Å². The van der Waals surface area contributed by atoms with E-state index in [1.54, 1.807) is 0 Å². The number of nitrogens with two attached hydrogens (primary N) is 1. The fraction of sp³-hybridized carbons (Fsp3) is 0.500. The Morgan fingerprint density at radius 1 is 1.29 bits per heavy atom. The molecule has 1 unspecified atom stereocenters. The number of aromatic nitrogens is 2. The molecule has 1 aromatic heterocycles. The molecule has 0 bridgehead atoms. The van der Waals surface area contributed by atoms with E-state index in [0.29, 0.717) is 12.6 Å². The zero-order chi connectivity index (χ0) is 15.0. The van der Waals surface area contributed by atoms with E-state index in [1.165, 1.54) is 22.7 Å². The standard InChI is InChI=1S/C16H22N4S/c1-16(2,3)14-18-15(21-19-14)20-10-12-7-5-4-6-11(12)8-13(20)9-17/h4-7,13H,8-10,17H2,1-3H3. The lowest BCUT2D eigenvalue weighted by atomic mass is 9.94. The highest BCUT2D eigenvalue weighted by Crippen LogP contribution is 2.31. The molecule has 1 atom stereocenters. The second-order valence-corrected chi connectivity index (χ2v) is 7.37. The number of hydrogen-bond donors (Lipinski definition) is 1. The molecule has 21 heavy (non-hydrogen) atoms. The first-order valence-electron chi connectivity index (χ1n) is 7.36. The molecule has 2 N–H and O–H groups in total. The first kappa shape index (κ1) is 14.5. The Kier molecular flexibility index (Phi) is 3.71. The fourth-order valence-electron chi connectivity index (χ4n) is 2.66. The molecule has 4 nitrogen and oxygen atoms in total. The zero-order valence-corrected chi connectivity index (χ0v) is 13.7. The van der Waals surface area contributed by atoms with Gasteiger partial charge in [-0.1, -0.05) is 45.0 Å². The van der Waals surface area contributed by atoms with Gasteiger partial charge in [0, 0.05) is 36.1 Å². The van der Waals surface area contributed by atoms with Crippen LogP contribution in [0.3, 0.4) is 0 Å². The van der Waals surface area contributed by atoms with Crippen LogP contribution in [-0.4, -0.2) is 21.9 Å². The van der Waals surface area contributed by atoms with Crippen LogP contribution in [-0.2, 0) is 18.4 Å². The minimum absolute atomic E-state index is 0.0132. The Morgan fingerprint density at radius 2 is 2.00 bits per heavy atom. The van der Waals surface area contributed by atoms with Gasteiger partial charge in [0.2, 0.25) is 5.13 Å². The summed E-state index contributed by atoms with van der Waals surface area (Å²) in [6.07, 6.45) is 0.983. The van der Waals surface area contributed by atoms with Crippen LogP contribution >= 0.6 is 11.5 Å². The molecule has 112 valence electrons. The zero-order valence-electron chi connectivity index (χ0n) is 12.8. The summed E-state index contributed by atoms with van der Waals surface area (Å²) in [6.45, 7) is 7.94. The molecule has 0 saturated heterocycles. The predicted molar refractivity (Wildman–Crippen MR) is 87.8 cm³/mol. The summed E-state index contributed by atoms with van der Waals surface area (Å²) in [4.78, 5) is 7.07. The highest BCUT2D eigenvalue weighted by atomic mass is 32.1. The van der Waals surface area contributed by atoms with Crippen LogP contribution in [0.4, 0.5) is 5.13 Å². The monoisotopic (exact) mass is 302 g/mol. The van der Waals surface area contributed by atoms with Crippen molar-refractivity contribution in [2.75, 3.05) is 11.4 Å². The maximum Gasteiger partial charge on any atom is 0.205 e. The highest BCUT2D eigenvalue weighted by Gasteiger charge is 2.29. The molecule has 0 radical (unpaired) electrons. The Morgan fingerprint density at radius 3 is 2.62 bits per heavy atom. The van der Waals surface area contributed by atoms with Crippen molar-refractivity contribution in [2.45, 2.75) is 45.2 Å². The smallest absolute Gasteiger partial charge is 0.205 e. The average Bonchev–Trinajstić information content (AvgIpc) is 2.95. The largest absolute Gasteiger partial charge is 0.338 e. The van der Waals surface area contributed by atoms with Crippen molar-refractivity contribution >= 4 is 16.7 Å². The third-order valence-electron chi connectivity index (χ3n) is 3.96. The van der Waals surface area contributed by atoms with Crippen LogP contribution in [0.5, 0.6) is 0 Å². The van der Waals surface area contributed by atoms with E-state index in [2.05, 4.69) is 54.3 Å². The first-order chi connectivity index (χ1) is 9.99. The molecule has 2 aromatic rings. The summed E-state index contributed by atoms with van der Waals surface area (Å²) >= 11 is 1.49. The van der Waals surface area contributed by atoms with Gasteiger partial charge < -0.3 is 10.6 Å². The normalized spacial score (nSPS) is 18.7. The molecule has 0 aliphatic carbocycles. The maximum absolute atomic E-state index is 6.00. The van der Waals surface area contributed by atoms with Crippen LogP contribution in [0.25, 0.3) is 0 Å². The van der Waals surface area contributed by atoms with Crippen LogP contribution < -0.4 is 10.6 Å². The summed E-state index contributed by atoms with van der Waals surface area (Å²) in [5, 5.41) is 0.991. The topological polar surface area (TPSA) is 55.0 Å². The highest BCUT2D eigenvalue weighted by molar-refractivity contribution is 7.09. The Balaban J connectivity index is 1.92. The molecule has 0 saturated carbocycles.